The zero-order chi connectivity index (χ0) is 14.0. The van der Waals surface area contributed by atoms with Gasteiger partial charge in [-0.3, -0.25) is 9.82 Å². The number of nitrogens with zero attached hydrogens (tertiary/aromatic N) is 4. The number of tetrazole rings is 1. The minimum Gasteiger partial charge on any atom is -0.278 e. The van der Waals surface area contributed by atoms with Crippen LogP contribution in [0.5, 0.6) is 0 Å². The molecule has 1 aromatic carbocycles. The van der Waals surface area contributed by atoms with Gasteiger partial charge < -0.3 is 0 Å². The third kappa shape index (κ3) is 2.36. The predicted molar refractivity (Wildman–Crippen MR) is 69.0 cm³/mol. The van der Waals surface area contributed by atoms with E-state index in [1.165, 1.54) is 12.3 Å². The Morgan fingerprint density at radius 2 is 2.10 bits per heavy atom. The number of nitrogens with one attached hydrogen (secondary N) is 3. The quantitative estimate of drug-likeness (QED) is 0.637. The molecule has 2 heterocycles. The van der Waals surface area contributed by atoms with Crippen molar-refractivity contribution < 1.29 is 8.42 Å². The second kappa shape index (κ2) is 4.74. The second-order valence-corrected chi connectivity index (χ2v) is 5.49. The van der Waals surface area contributed by atoms with Crippen LogP contribution >= 0.6 is 0 Å². The number of hydrogen-bond donors (Lipinski definition) is 3. The van der Waals surface area contributed by atoms with E-state index in [2.05, 4.69) is 35.5 Å². The zero-order valence-corrected chi connectivity index (χ0v) is 10.8. The molecule has 0 radical (unpaired) electrons. The average Bonchev–Trinajstić information content (AvgIpc) is 3.12. The van der Waals surface area contributed by atoms with Crippen LogP contribution in [0, 0.1) is 0 Å². The van der Waals surface area contributed by atoms with Crippen molar-refractivity contribution in [2.24, 2.45) is 0 Å². The Labute approximate surface area is 113 Å². The van der Waals surface area contributed by atoms with Gasteiger partial charge in [-0.15, -0.1) is 10.2 Å². The Kier molecular flexibility index (Phi) is 2.91. The van der Waals surface area contributed by atoms with Crippen molar-refractivity contribution in [3.63, 3.8) is 0 Å². The first-order chi connectivity index (χ1) is 9.65. The van der Waals surface area contributed by atoms with E-state index < -0.39 is 10.0 Å². The Balaban J connectivity index is 1.91. The molecule has 0 bridgehead atoms. The van der Waals surface area contributed by atoms with Crippen LogP contribution in [0.1, 0.15) is 0 Å². The van der Waals surface area contributed by atoms with Crippen LogP contribution in [0.15, 0.2) is 41.6 Å². The van der Waals surface area contributed by atoms with Crippen LogP contribution in [0.2, 0.25) is 0 Å². The molecule has 9 nitrogen and oxygen atoms in total. The average molecular weight is 291 g/mol. The summed E-state index contributed by atoms with van der Waals surface area (Å²) in [6.45, 7) is 0. The van der Waals surface area contributed by atoms with E-state index in [0.29, 0.717) is 17.1 Å². The molecule has 0 amide bonds. The lowest BCUT2D eigenvalue weighted by Crippen LogP contribution is -2.13. The topological polar surface area (TPSA) is 129 Å². The smallest absolute Gasteiger partial charge is 0.278 e. The molecule has 2 aromatic heterocycles. The van der Waals surface area contributed by atoms with Gasteiger partial charge in [0.25, 0.3) is 10.0 Å². The van der Waals surface area contributed by atoms with Crippen LogP contribution in [-0.4, -0.2) is 39.2 Å². The molecular weight excluding hydrogens is 282 g/mol. The summed E-state index contributed by atoms with van der Waals surface area (Å²) in [5, 5.41) is 19.5. The zero-order valence-electron chi connectivity index (χ0n) is 9.98. The Bertz CT molecular complexity index is 796. The molecule has 102 valence electrons. The van der Waals surface area contributed by atoms with Crippen LogP contribution in [0.25, 0.3) is 11.4 Å². The van der Waals surface area contributed by atoms with Gasteiger partial charge in [0.1, 0.15) is 0 Å². The van der Waals surface area contributed by atoms with Crippen LogP contribution in [0.3, 0.4) is 0 Å². The fraction of sp³-hybridized carbons (Fsp3) is 0. The van der Waals surface area contributed by atoms with Gasteiger partial charge in [-0.25, -0.2) is 0 Å². The highest BCUT2D eigenvalue weighted by atomic mass is 32.2. The first-order valence-electron chi connectivity index (χ1n) is 5.51. The van der Waals surface area contributed by atoms with E-state index >= 15 is 0 Å². The number of rotatable bonds is 4. The van der Waals surface area contributed by atoms with Crippen molar-refractivity contribution >= 4 is 15.7 Å². The summed E-state index contributed by atoms with van der Waals surface area (Å²) < 4.78 is 26.5. The van der Waals surface area contributed by atoms with E-state index in [0.717, 1.165) is 0 Å². The maximum absolute atomic E-state index is 12.0. The van der Waals surface area contributed by atoms with Crippen LogP contribution in [0.4, 0.5) is 5.69 Å². The molecule has 10 heteroatoms. The van der Waals surface area contributed by atoms with E-state index in [9.17, 15) is 8.42 Å². The minimum absolute atomic E-state index is 0.0116. The number of anilines is 1. The van der Waals surface area contributed by atoms with Crippen LogP contribution in [-0.2, 0) is 10.0 Å². The molecule has 0 aliphatic rings. The number of aromatic nitrogens is 6. The van der Waals surface area contributed by atoms with Gasteiger partial charge >= 0.3 is 0 Å². The summed E-state index contributed by atoms with van der Waals surface area (Å²) >= 11 is 0. The summed E-state index contributed by atoms with van der Waals surface area (Å²) in [6.07, 6.45) is 1.37. The fourth-order valence-electron chi connectivity index (χ4n) is 1.61. The molecule has 0 saturated carbocycles. The highest BCUT2D eigenvalue weighted by Gasteiger charge is 2.15. The summed E-state index contributed by atoms with van der Waals surface area (Å²) in [7, 11) is -3.69. The first kappa shape index (κ1) is 12.3. The van der Waals surface area contributed by atoms with Gasteiger partial charge in [-0.05, 0) is 23.4 Å². The molecule has 0 atom stereocenters. The molecule has 0 unspecified atom stereocenters. The van der Waals surface area contributed by atoms with Gasteiger partial charge in [-0.1, -0.05) is 12.1 Å². The lowest BCUT2D eigenvalue weighted by molar-refractivity contribution is 0.597. The predicted octanol–water partition coefficient (Wildman–Crippen LogP) is 0.391. The molecular formula is C10H9N7O2S. The third-order valence-corrected chi connectivity index (χ3v) is 3.79. The maximum atomic E-state index is 12.0. The summed E-state index contributed by atoms with van der Waals surface area (Å²) in [4.78, 5) is 0. The summed E-state index contributed by atoms with van der Waals surface area (Å²) in [6, 6.07) is 8.04. The molecule has 0 aliphatic carbocycles. The SMILES string of the molecule is O=S(=O)(Nc1cccc(-c2nn[nH]n2)c1)c1ccn[nH]1. The van der Waals surface area contributed by atoms with Crippen molar-refractivity contribution in [3.05, 3.63) is 36.5 Å². The lowest BCUT2D eigenvalue weighted by atomic mass is 10.2. The van der Waals surface area contributed by atoms with Crippen molar-refractivity contribution in [2.45, 2.75) is 5.03 Å². The molecule has 0 saturated heterocycles. The fourth-order valence-corrected chi connectivity index (χ4v) is 2.57. The van der Waals surface area contributed by atoms with Gasteiger partial charge in [0, 0.05) is 11.3 Å². The van der Waals surface area contributed by atoms with Gasteiger partial charge in [0.2, 0.25) is 5.82 Å². The van der Waals surface area contributed by atoms with Crippen molar-refractivity contribution in [3.8, 4) is 11.4 Å². The minimum atomic E-state index is -3.69. The molecule has 0 fully saturated rings. The normalized spacial score (nSPS) is 11.4. The third-order valence-electron chi connectivity index (χ3n) is 2.48. The van der Waals surface area contributed by atoms with Crippen molar-refractivity contribution in [2.75, 3.05) is 4.72 Å². The monoisotopic (exact) mass is 291 g/mol. The van der Waals surface area contributed by atoms with Crippen molar-refractivity contribution in [1.29, 1.82) is 0 Å². The largest absolute Gasteiger partial charge is 0.278 e. The van der Waals surface area contributed by atoms with Crippen molar-refractivity contribution in [1.82, 2.24) is 30.8 Å². The van der Waals surface area contributed by atoms with Gasteiger partial charge in [0.15, 0.2) is 5.03 Å². The van der Waals surface area contributed by atoms with E-state index in [4.69, 9.17) is 0 Å². The molecule has 3 rings (SSSR count). The highest BCUT2D eigenvalue weighted by molar-refractivity contribution is 7.92. The Morgan fingerprint density at radius 1 is 1.20 bits per heavy atom. The van der Waals surface area contributed by atoms with E-state index in [-0.39, 0.29) is 5.03 Å². The molecule has 3 N–H and O–H groups in total. The first-order valence-corrected chi connectivity index (χ1v) is 6.99. The highest BCUT2D eigenvalue weighted by Crippen LogP contribution is 2.20. The number of H-pyrrole nitrogens is 2. The number of hydrogen-bond acceptors (Lipinski definition) is 6. The summed E-state index contributed by atoms with van der Waals surface area (Å²) in [5.74, 6) is 0.382. The molecule has 0 spiro atoms. The lowest BCUT2D eigenvalue weighted by Gasteiger charge is -2.06. The van der Waals surface area contributed by atoms with Gasteiger partial charge in [-0.2, -0.15) is 18.7 Å². The summed E-state index contributed by atoms with van der Waals surface area (Å²) in [5.41, 5.74) is 1.03. The molecule has 20 heavy (non-hydrogen) atoms. The van der Waals surface area contributed by atoms with E-state index in [1.54, 1.807) is 24.3 Å². The van der Waals surface area contributed by atoms with E-state index in [1.807, 2.05) is 0 Å². The molecule has 0 aliphatic heterocycles. The Hall–Kier alpha value is -2.75. The molecule has 3 aromatic rings. The number of aromatic amines is 2. The van der Waals surface area contributed by atoms with Gasteiger partial charge in [0.05, 0.1) is 6.20 Å². The second-order valence-electron chi connectivity index (χ2n) is 3.84. The Morgan fingerprint density at radius 3 is 2.80 bits per heavy atom. The number of benzene rings is 1. The number of sulfonamides is 1. The maximum Gasteiger partial charge on any atom is 0.278 e. The standard InChI is InChI=1S/C10H9N7O2S/c18-20(19,9-4-5-11-12-9)15-8-3-1-2-7(6-8)10-13-16-17-14-10/h1-6,15H,(H,11,12)(H,13,14,16,17). The van der Waals surface area contributed by atoms with Crippen LogP contribution < -0.4 is 4.72 Å².